The summed E-state index contributed by atoms with van der Waals surface area (Å²) in [5, 5.41) is 24.1. The summed E-state index contributed by atoms with van der Waals surface area (Å²) in [6.45, 7) is 9.74. The van der Waals surface area contributed by atoms with Crippen molar-refractivity contribution in [2.24, 2.45) is 7.05 Å². The number of hydrogen-bond donors (Lipinski definition) is 4. The number of rotatable bonds is 10. The monoisotopic (exact) mass is 571 g/mol. The highest BCUT2D eigenvalue weighted by Crippen LogP contribution is 2.30. The minimum atomic E-state index is -0.889. The van der Waals surface area contributed by atoms with Crippen LogP contribution in [-0.4, -0.2) is 65.2 Å². The number of aromatic nitrogens is 5. The quantitative estimate of drug-likeness (QED) is 0.206. The number of likely N-dealkylation sites (tertiary alicyclic amines) is 1. The third-order valence-corrected chi connectivity index (χ3v) is 7.90. The van der Waals surface area contributed by atoms with Gasteiger partial charge < -0.3 is 21.1 Å². The first-order valence-electron chi connectivity index (χ1n) is 14.1. The van der Waals surface area contributed by atoms with Crippen molar-refractivity contribution in [1.29, 1.82) is 0 Å². The second-order valence-electron chi connectivity index (χ2n) is 11.4. The number of hydrogen-bond acceptors (Lipinski definition) is 9. The largest absolute Gasteiger partial charge is 0.481 e. The summed E-state index contributed by atoms with van der Waals surface area (Å²) in [4.78, 5) is 40.0. The average molecular weight is 572 g/mol. The number of amides is 1. The Morgan fingerprint density at radius 2 is 1.93 bits per heavy atom. The van der Waals surface area contributed by atoms with Crippen LogP contribution in [0.2, 0.25) is 0 Å². The highest BCUT2D eigenvalue weighted by Gasteiger charge is 2.31. The molecule has 4 heterocycles. The summed E-state index contributed by atoms with van der Waals surface area (Å²) < 4.78 is 1.65. The van der Waals surface area contributed by atoms with Gasteiger partial charge in [0.15, 0.2) is 11.5 Å². The first kappa shape index (κ1) is 28.9. The van der Waals surface area contributed by atoms with Crippen LogP contribution < -0.4 is 16.0 Å². The Bertz CT molecular complexity index is 1630. The number of pyridine rings is 1. The predicted octanol–water partition coefficient (Wildman–Crippen LogP) is 4.95. The maximum atomic E-state index is 12.7. The van der Waals surface area contributed by atoms with Gasteiger partial charge in [0.05, 0.1) is 34.6 Å². The first-order chi connectivity index (χ1) is 20.0. The van der Waals surface area contributed by atoms with Gasteiger partial charge in [-0.2, -0.15) is 10.1 Å². The number of anilines is 5. The van der Waals surface area contributed by atoms with Gasteiger partial charge in [0.2, 0.25) is 11.9 Å². The van der Waals surface area contributed by atoms with Crippen molar-refractivity contribution in [3.63, 3.8) is 0 Å². The van der Waals surface area contributed by atoms with Gasteiger partial charge in [0.1, 0.15) is 0 Å². The lowest BCUT2D eigenvalue weighted by Crippen LogP contribution is -2.39. The van der Waals surface area contributed by atoms with E-state index in [9.17, 15) is 14.7 Å². The zero-order valence-corrected chi connectivity index (χ0v) is 24.6. The van der Waals surface area contributed by atoms with Crippen molar-refractivity contribution in [2.45, 2.75) is 58.4 Å². The van der Waals surface area contributed by atoms with Crippen LogP contribution in [0, 0.1) is 6.92 Å². The molecule has 42 heavy (non-hydrogen) atoms. The van der Waals surface area contributed by atoms with Crippen LogP contribution in [0.15, 0.2) is 42.7 Å². The van der Waals surface area contributed by atoms with E-state index < -0.39 is 11.9 Å². The lowest BCUT2D eigenvalue weighted by molar-refractivity contribution is -0.138. The van der Waals surface area contributed by atoms with E-state index >= 15 is 0 Å². The van der Waals surface area contributed by atoms with Crippen LogP contribution in [0.5, 0.6) is 0 Å². The maximum Gasteiger partial charge on any atom is 0.310 e. The number of benzene rings is 1. The molecule has 1 fully saturated rings. The SMILES string of the molecule is Cc1ncc(NC(=O)CCN2CCCC2(C)C)cc1Nc1nn(C)c2nc(Nc3cccc(C(C)C(=O)O)c3)ncc12. The van der Waals surface area contributed by atoms with E-state index in [0.717, 1.165) is 25.2 Å². The molecule has 1 unspecified atom stereocenters. The lowest BCUT2D eigenvalue weighted by atomic mass is 10.0. The highest BCUT2D eigenvalue weighted by molar-refractivity contribution is 5.93. The van der Waals surface area contributed by atoms with Crippen molar-refractivity contribution in [1.82, 2.24) is 29.6 Å². The maximum absolute atomic E-state index is 12.7. The fraction of sp³-hybridized carbons (Fsp3) is 0.400. The van der Waals surface area contributed by atoms with Gasteiger partial charge in [-0.3, -0.25) is 19.5 Å². The Balaban J connectivity index is 1.28. The molecule has 1 amide bonds. The molecule has 0 spiro atoms. The van der Waals surface area contributed by atoms with Crippen molar-refractivity contribution in [3.8, 4) is 0 Å². The summed E-state index contributed by atoms with van der Waals surface area (Å²) >= 11 is 0. The third kappa shape index (κ3) is 6.33. The van der Waals surface area contributed by atoms with Crippen LogP contribution in [0.25, 0.3) is 11.0 Å². The van der Waals surface area contributed by atoms with E-state index in [1.54, 1.807) is 49.2 Å². The predicted molar refractivity (Wildman–Crippen MR) is 162 cm³/mol. The Kier molecular flexibility index (Phi) is 8.08. The molecular weight excluding hydrogens is 534 g/mol. The molecule has 1 saturated heterocycles. The molecule has 0 aliphatic carbocycles. The van der Waals surface area contributed by atoms with Gasteiger partial charge in [-0.1, -0.05) is 12.1 Å². The second-order valence-corrected chi connectivity index (χ2v) is 11.4. The fourth-order valence-electron chi connectivity index (χ4n) is 5.24. The van der Waals surface area contributed by atoms with E-state index in [1.807, 2.05) is 19.1 Å². The van der Waals surface area contributed by atoms with Gasteiger partial charge in [0.25, 0.3) is 0 Å². The summed E-state index contributed by atoms with van der Waals surface area (Å²) in [5.41, 5.74) is 4.17. The number of aliphatic carboxylic acids is 1. The average Bonchev–Trinajstić information content (AvgIpc) is 3.45. The van der Waals surface area contributed by atoms with E-state index in [1.165, 1.54) is 6.42 Å². The number of carbonyl (C=O) groups is 2. The topological polar surface area (TPSA) is 150 Å². The molecule has 5 rings (SSSR count). The van der Waals surface area contributed by atoms with E-state index in [4.69, 9.17) is 0 Å². The Labute approximate surface area is 244 Å². The van der Waals surface area contributed by atoms with Crippen molar-refractivity contribution < 1.29 is 14.7 Å². The van der Waals surface area contributed by atoms with E-state index in [2.05, 4.69) is 54.7 Å². The highest BCUT2D eigenvalue weighted by atomic mass is 16.4. The number of carboxylic acids is 1. The summed E-state index contributed by atoms with van der Waals surface area (Å²) in [6, 6.07) is 9.03. The molecule has 3 aromatic heterocycles. The Morgan fingerprint density at radius 3 is 2.67 bits per heavy atom. The summed E-state index contributed by atoms with van der Waals surface area (Å²) in [5.74, 6) is -0.653. The summed E-state index contributed by atoms with van der Waals surface area (Å²) in [7, 11) is 1.79. The molecule has 1 aliphatic heterocycles. The lowest BCUT2D eigenvalue weighted by Gasteiger charge is -2.31. The van der Waals surface area contributed by atoms with Crippen molar-refractivity contribution >= 4 is 51.7 Å². The van der Waals surface area contributed by atoms with Crippen LogP contribution in [-0.2, 0) is 16.6 Å². The Hall–Kier alpha value is -4.58. The number of aryl methyl sites for hydroxylation is 2. The van der Waals surface area contributed by atoms with Gasteiger partial charge in [0, 0.05) is 37.4 Å². The molecule has 0 bridgehead atoms. The zero-order chi connectivity index (χ0) is 30.0. The van der Waals surface area contributed by atoms with Crippen LogP contribution in [0.3, 0.4) is 0 Å². The zero-order valence-electron chi connectivity index (χ0n) is 24.6. The number of carbonyl (C=O) groups excluding carboxylic acids is 1. The van der Waals surface area contributed by atoms with Crippen LogP contribution in [0.1, 0.15) is 57.2 Å². The molecule has 220 valence electrons. The van der Waals surface area contributed by atoms with Gasteiger partial charge >= 0.3 is 5.97 Å². The Morgan fingerprint density at radius 1 is 1.12 bits per heavy atom. The first-order valence-corrected chi connectivity index (χ1v) is 14.1. The minimum absolute atomic E-state index is 0.0472. The third-order valence-electron chi connectivity index (χ3n) is 7.90. The normalized spacial score (nSPS) is 15.5. The second kappa shape index (κ2) is 11.7. The van der Waals surface area contributed by atoms with E-state index in [-0.39, 0.29) is 11.4 Å². The molecule has 4 N–H and O–H groups in total. The van der Waals surface area contributed by atoms with E-state index in [0.29, 0.717) is 51.8 Å². The fourth-order valence-corrected chi connectivity index (χ4v) is 5.24. The number of carboxylic acid groups (broad SMARTS) is 1. The molecule has 0 radical (unpaired) electrons. The van der Waals surface area contributed by atoms with Crippen LogP contribution >= 0.6 is 0 Å². The number of nitrogens with one attached hydrogen (secondary N) is 3. The number of nitrogens with zero attached hydrogens (tertiary/aromatic N) is 6. The molecule has 12 heteroatoms. The van der Waals surface area contributed by atoms with Gasteiger partial charge in [-0.25, -0.2) is 9.67 Å². The van der Waals surface area contributed by atoms with Crippen molar-refractivity contribution in [2.75, 3.05) is 29.0 Å². The van der Waals surface area contributed by atoms with Crippen molar-refractivity contribution in [3.05, 3.63) is 54.0 Å². The minimum Gasteiger partial charge on any atom is -0.481 e. The molecule has 4 aromatic rings. The molecule has 1 atom stereocenters. The van der Waals surface area contributed by atoms with Crippen LogP contribution in [0.4, 0.5) is 28.8 Å². The molecule has 12 nitrogen and oxygen atoms in total. The molecular formula is C30H37N9O3. The molecule has 0 saturated carbocycles. The molecule has 1 aromatic carbocycles. The van der Waals surface area contributed by atoms with Gasteiger partial charge in [-0.05, 0) is 70.8 Å². The van der Waals surface area contributed by atoms with Gasteiger partial charge in [-0.15, -0.1) is 0 Å². The number of fused-ring (bicyclic) bond motifs is 1. The summed E-state index contributed by atoms with van der Waals surface area (Å²) in [6.07, 6.45) is 6.07. The molecule has 1 aliphatic rings. The smallest absolute Gasteiger partial charge is 0.310 e. The standard InChI is InChI=1S/C30H37N9O3/c1-18(28(41)42)20-8-6-9-21(14-20)34-29-32-17-23-26(37-38(5)27(23)36-29)35-24-15-22(16-31-19(24)2)33-25(40)10-13-39-12-7-11-30(39,3)4/h6,8-9,14-18H,7,10-13H2,1-5H3,(H,33,40)(H,35,37)(H,41,42)(H,32,34,36).